The van der Waals surface area contributed by atoms with Crippen LogP contribution in [0.4, 0.5) is 5.95 Å². The van der Waals surface area contributed by atoms with Gasteiger partial charge in [-0.25, -0.2) is 9.97 Å². The molecule has 2 aromatic rings. The lowest BCUT2D eigenvalue weighted by molar-refractivity contribution is -0.117. The number of aromatic nitrogens is 4. The molecule has 1 aliphatic rings. The molecule has 1 N–H and O–H groups in total. The van der Waals surface area contributed by atoms with Crippen molar-refractivity contribution in [2.24, 2.45) is 0 Å². The lowest BCUT2D eigenvalue weighted by Gasteiger charge is -2.13. The zero-order valence-corrected chi connectivity index (χ0v) is 10.7. The van der Waals surface area contributed by atoms with Crippen molar-refractivity contribution >= 4 is 17.1 Å². The van der Waals surface area contributed by atoms with Gasteiger partial charge in [-0.2, -0.15) is 4.98 Å². The maximum absolute atomic E-state index is 9.05. The van der Waals surface area contributed by atoms with E-state index in [0.29, 0.717) is 23.7 Å². The van der Waals surface area contributed by atoms with Gasteiger partial charge in [0.25, 0.3) is 0 Å². The zero-order valence-electron chi connectivity index (χ0n) is 10.7. The van der Waals surface area contributed by atoms with Crippen molar-refractivity contribution in [3.63, 3.8) is 0 Å². The average molecular weight is 265 g/mol. The number of aliphatic hydroxyl groups is 1. The van der Waals surface area contributed by atoms with Gasteiger partial charge in [-0.05, 0) is 0 Å². The molecule has 102 valence electrons. The molecule has 0 spiro atoms. The summed E-state index contributed by atoms with van der Waals surface area (Å²) in [7, 11) is 3.73. The molecule has 3 heterocycles. The Morgan fingerprint density at radius 2 is 2.32 bits per heavy atom. The maximum atomic E-state index is 9.05. The van der Waals surface area contributed by atoms with Crippen LogP contribution >= 0.6 is 0 Å². The molecule has 19 heavy (non-hydrogen) atoms. The number of nitrogens with zero attached hydrogens (tertiary/aromatic N) is 5. The second-order valence-corrected chi connectivity index (χ2v) is 4.51. The number of rotatable bonds is 3. The van der Waals surface area contributed by atoms with Crippen LogP contribution in [0.2, 0.25) is 0 Å². The SMILES string of the molecule is CN(C)c1ncc2ncn([C@H]3OC[C@H](CO)O3)c2n1. The number of hydrogen-bond donors (Lipinski definition) is 1. The van der Waals surface area contributed by atoms with Crippen molar-refractivity contribution in [2.75, 3.05) is 32.2 Å². The van der Waals surface area contributed by atoms with Gasteiger partial charge in [-0.3, -0.25) is 4.57 Å². The first kappa shape index (κ1) is 12.3. The standard InChI is InChI=1S/C11H15N5O3/c1-15(2)10-12-3-8-9(14-10)16(6-13-8)11-18-5-7(4-17)19-11/h3,6-7,11,17H,4-5H2,1-2H3/t7-,11-/m0/s1. The Kier molecular flexibility index (Phi) is 3.05. The van der Waals surface area contributed by atoms with Gasteiger partial charge >= 0.3 is 0 Å². The van der Waals surface area contributed by atoms with E-state index in [-0.39, 0.29) is 12.7 Å². The Balaban J connectivity index is 1.97. The third-order valence-corrected chi connectivity index (χ3v) is 2.87. The quantitative estimate of drug-likeness (QED) is 0.819. The largest absolute Gasteiger partial charge is 0.394 e. The molecule has 0 aromatic carbocycles. The van der Waals surface area contributed by atoms with E-state index in [1.54, 1.807) is 17.1 Å². The van der Waals surface area contributed by atoms with E-state index in [2.05, 4.69) is 15.0 Å². The van der Waals surface area contributed by atoms with Crippen LogP contribution in [0.15, 0.2) is 12.5 Å². The Hall–Kier alpha value is -1.77. The van der Waals surface area contributed by atoms with Crippen LogP contribution in [0, 0.1) is 0 Å². The topological polar surface area (TPSA) is 85.5 Å². The third-order valence-electron chi connectivity index (χ3n) is 2.87. The summed E-state index contributed by atoms with van der Waals surface area (Å²) < 4.78 is 12.7. The Morgan fingerprint density at radius 3 is 3.00 bits per heavy atom. The molecular formula is C11H15N5O3. The van der Waals surface area contributed by atoms with E-state index >= 15 is 0 Å². The predicted molar refractivity (Wildman–Crippen MR) is 66.6 cm³/mol. The highest BCUT2D eigenvalue weighted by Crippen LogP contribution is 2.24. The van der Waals surface area contributed by atoms with E-state index in [0.717, 1.165) is 0 Å². The first-order chi connectivity index (χ1) is 9.19. The van der Waals surface area contributed by atoms with E-state index in [4.69, 9.17) is 14.6 Å². The molecule has 1 fully saturated rings. The minimum Gasteiger partial charge on any atom is -0.394 e. The molecule has 8 heteroatoms. The second kappa shape index (κ2) is 4.72. The average Bonchev–Trinajstić information content (AvgIpc) is 3.03. The molecule has 1 saturated heterocycles. The maximum Gasteiger partial charge on any atom is 0.247 e. The summed E-state index contributed by atoms with van der Waals surface area (Å²) >= 11 is 0. The van der Waals surface area contributed by atoms with Crippen molar-refractivity contribution in [1.29, 1.82) is 0 Å². The molecule has 2 aromatic heterocycles. The number of fused-ring (bicyclic) bond motifs is 1. The Bertz CT molecular complexity index is 585. The van der Waals surface area contributed by atoms with E-state index in [1.807, 2.05) is 19.0 Å². The fraction of sp³-hybridized carbons (Fsp3) is 0.545. The zero-order chi connectivity index (χ0) is 13.4. The highest BCUT2D eigenvalue weighted by atomic mass is 16.7. The van der Waals surface area contributed by atoms with Crippen LogP contribution < -0.4 is 4.90 Å². The molecule has 0 bridgehead atoms. The molecule has 0 unspecified atom stereocenters. The summed E-state index contributed by atoms with van der Waals surface area (Å²) in [6, 6.07) is 0. The lowest BCUT2D eigenvalue weighted by Crippen LogP contribution is -2.16. The van der Waals surface area contributed by atoms with Gasteiger partial charge in [0.15, 0.2) is 5.65 Å². The molecular weight excluding hydrogens is 250 g/mol. The summed E-state index contributed by atoms with van der Waals surface area (Å²) in [5.74, 6) is 0.589. The second-order valence-electron chi connectivity index (χ2n) is 4.51. The van der Waals surface area contributed by atoms with Crippen molar-refractivity contribution in [3.8, 4) is 0 Å². The minimum absolute atomic E-state index is 0.0684. The van der Waals surface area contributed by atoms with E-state index < -0.39 is 6.41 Å². The van der Waals surface area contributed by atoms with Gasteiger partial charge < -0.3 is 19.5 Å². The van der Waals surface area contributed by atoms with Gasteiger partial charge in [0, 0.05) is 14.1 Å². The summed E-state index contributed by atoms with van der Waals surface area (Å²) in [4.78, 5) is 14.6. The normalized spacial score (nSPS) is 23.1. The summed E-state index contributed by atoms with van der Waals surface area (Å²) in [5.41, 5.74) is 1.31. The Labute approximate surface area is 109 Å². The van der Waals surface area contributed by atoms with Crippen molar-refractivity contribution in [3.05, 3.63) is 12.5 Å². The summed E-state index contributed by atoms with van der Waals surface area (Å²) in [5, 5.41) is 9.05. The van der Waals surface area contributed by atoms with Gasteiger partial charge in [0.1, 0.15) is 17.9 Å². The fourth-order valence-corrected chi connectivity index (χ4v) is 1.86. The Morgan fingerprint density at radius 1 is 1.47 bits per heavy atom. The minimum atomic E-state index is -0.605. The molecule has 1 aliphatic heterocycles. The highest BCUT2D eigenvalue weighted by molar-refractivity contribution is 5.71. The monoisotopic (exact) mass is 265 g/mol. The smallest absolute Gasteiger partial charge is 0.247 e. The summed E-state index contributed by atoms with van der Waals surface area (Å²) in [6.45, 7) is 0.285. The van der Waals surface area contributed by atoms with Crippen molar-refractivity contribution in [2.45, 2.75) is 12.5 Å². The number of aliphatic hydroxyl groups excluding tert-OH is 1. The van der Waals surface area contributed by atoms with Crippen LogP contribution in [0.25, 0.3) is 11.2 Å². The third kappa shape index (κ3) is 2.14. The molecule has 0 aliphatic carbocycles. The van der Waals surface area contributed by atoms with Gasteiger partial charge in [0.2, 0.25) is 12.4 Å². The van der Waals surface area contributed by atoms with Crippen LogP contribution in [0.5, 0.6) is 0 Å². The molecule has 3 rings (SSSR count). The van der Waals surface area contributed by atoms with Crippen LogP contribution in [-0.2, 0) is 9.47 Å². The van der Waals surface area contributed by atoms with Crippen molar-refractivity contribution < 1.29 is 14.6 Å². The van der Waals surface area contributed by atoms with Crippen LogP contribution in [0.1, 0.15) is 6.41 Å². The first-order valence-electron chi connectivity index (χ1n) is 5.94. The van der Waals surface area contributed by atoms with E-state index in [9.17, 15) is 0 Å². The number of anilines is 1. The highest BCUT2D eigenvalue weighted by Gasteiger charge is 2.28. The number of hydrogen-bond acceptors (Lipinski definition) is 7. The first-order valence-corrected chi connectivity index (χ1v) is 5.94. The molecule has 8 nitrogen and oxygen atoms in total. The lowest BCUT2D eigenvalue weighted by atomic mass is 10.4. The molecule has 0 radical (unpaired) electrons. The van der Waals surface area contributed by atoms with Crippen LogP contribution in [0.3, 0.4) is 0 Å². The number of ether oxygens (including phenoxy) is 2. The molecule has 0 saturated carbocycles. The molecule has 0 amide bonds. The van der Waals surface area contributed by atoms with Gasteiger partial charge in [-0.15, -0.1) is 0 Å². The van der Waals surface area contributed by atoms with Gasteiger partial charge in [-0.1, -0.05) is 0 Å². The van der Waals surface area contributed by atoms with Crippen molar-refractivity contribution in [1.82, 2.24) is 19.5 Å². The molecule has 2 atom stereocenters. The number of imidazole rings is 1. The fourth-order valence-electron chi connectivity index (χ4n) is 1.86. The van der Waals surface area contributed by atoms with Gasteiger partial charge in [0.05, 0.1) is 19.4 Å². The summed E-state index contributed by atoms with van der Waals surface area (Å²) in [6.07, 6.45) is 2.35. The predicted octanol–water partition coefficient (Wildman–Crippen LogP) is -0.244. The van der Waals surface area contributed by atoms with E-state index in [1.165, 1.54) is 0 Å². The van der Waals surface area contributed by atoms with Crippen LogP contribution in [-0.4, -0.2) is 58.0 Å².